The molecule has 0 aliphatic rings. The lowest BCUT2D eigenvalue weighted by atomic mass is 10.1. The molecule has 0 saturated heterocycles. The summed E-state index contributed by atoms with van der Waals surface area (Å²) in [7, 11) is 0. The number of hydrogen-bond donors (Lipinski definition) is 0. The average Bonchev–Trinajstić information content (AvgIpc) is 2.16. The van der Waals surface area contributed by atoms with Crippen molar-refractivity contribution < 1.29 is 4.79 Å². The van der Waals surface area contributed by atoms with E-state index in [-0.39, 0.29) is 0 Å². The van der Waals surface area contributed by atoms with Gasteiger partial charge in [0.2, 0.25) is 0 Å². The first kappa shape index (κ1) is 12.2. The molecule has 0 radical (unpaired) electrons. The van der Waals surface area contributed by atoms with Crippen LogP contribution in [0.5, 0.6) is 0 Å². The van der Waals surface area contributed by atoms with Gasteiger partial charge in [-0.15, -0.1) is 0 Å². The van der Waals surface area contributed by atoms with Gasteiger partial charge in [-0.1, -0.05) is 51.2 Å². The molecule has 13 heavy (non-hydrogen) atoms. The van der Waals surface area contributed by atoms with Crippen molar-refractivity contribution in [1.82, 2.24) is 0 Å². The van der Waals surface area contributed by atoms with Gasteiger partial charge in [0.05, 0.1) is 0 Å². The van der Waals surface area contributed by atoms with Gasteiger partial charge in [-0.2, -0.15) is 0 Å². The molecular weight excluding hydrogens is 160 g/mol. The smallest absolute Gasteiger partial charge is 0.124 e. The van der Waals surface area contributed by atoms with Crippen LogP contribution < -0.4 is 0 Å². The molecule has 0 amide bonds. The fraction of sp³-hybridized carbons (Fsp3) is 0.667. The predicted octanol–water partition coefficient (Wildman–Crippen LogP) is 3.68. The number of allylic oxidation sites excluding steroid dienone is 3. The highest BCUT2D eigenvalue weighted by atomic mass is 16.1. The van der Waals surface area contributed by atoms with Crippen LogP contribution in [0.25, 0.3) is 0 Å². The maximum atomic E-state index is 9.78. The Balaban J connectivity index is 3.03. The van der Waals surface area contributed by atoms with Crippen LogP contribution in [0, 0.1) is 0 Å². The first-order valence-electron chi connectivity index (χ1n) is 5.27. The zero-order valence-corrected chi connectivity index (χ0v) is 8.59. The van der Waals surface area contributed by atoms with E-state index in [0.717, 1.165) is 6.42 Å². The number of carbonyl (C=O) groups excluding carboxylic acids is 1. The van der Waals surface area contributed by atoms with Gasteiger partial charge in [0, 0.05) is 6.08 Å². The molecule has 1 nitrogen and oxygen atoms in total. The van der Waals surface area contributed by atoms with Gasteiger partial charge in [-0.3, -0.25) is 0 Å². The molecule has 0 fully saturated rings. The SMILES string of the molecule is CCCCCCCCC=CC=C=O. The van der Waals surface area contributed by atoms with E-state index in [4.69, 9.17) is 0 Å². The van der Waals surface area contributed by atoms with Gasteiger partial charge in [-0.25, -0.2) is 4.79 Å². The molecule has 0 spiro atoms. The van der Waals surface area contributed by atoms with E-state index >= 15 is 0 Å². The van der Waals surface area contributed by atoms with E-state index in [1.807, 2.05) is 6.08 Å². The monoisotopic (exact) mass is 180 g/mol. The topological polar surface area (TPSA) is 17.1 Å². The lowest BCUT2D eigenvalue weighted by Crippen LogP contribution is -1.77. The van der Waals surface area contributed by atoms with E-state index in [1.54, 1.807) is 12.0 Å². The molecule has 0 unspecified atom stereocenters. The molecule has 0 aromatic heterocycles. The third kappa shape index (κ3) is 11.2. The van der Waals surface area contributed by atoms with Crippen molar-refractivity contribution in [1.29, 1.82) is 0 Å². The number of hydrogen-bond acceptors (Lipinski definition) is 1. The third-order valence-corrected chi connectivity index (χ3v) is 2.02. The Morgan fingerprint density at radius 1 is 1.08 bits per heavy atom. The van der Waals surface area contributed by atoms with Crippen molar-refractivity contribution >= 4 is 5.94 Å². The van der Waals surface area contributed by atoms with Crippen molar-refractivity contribution in [3.63, 3.8) is 0 Å². The van der Waals surface area contributed by atoms with E-state index in [2.05, 4.69) is 6.92 Å². The summed E-state index contributed by atoms with van der Waals surface area (Å²) in [6, 6.07) is 0. The Kier molecular flexibility index (Phi) is 10.5. The minimum Gasteiger partial charge on any atom is -0.234 e. The molecule has 0 aliphatic heterocycles. The maximum absolute atomic E-state index is 9.78. The van der Waals surface area contributed by atoms with Crippen molar-refractivity contribution in [3.8, 4) is 0 Å². The van der Waals surface area contributed by atoms with Crippen LogP contribution >= 0.6 is 0 Å². The quantitative estimate of drug-likeness (QED) is 0.316. The van der Waals surface area contributed by atoms with Crippen molar-refractivity contribution in [2.75, 3.05) is 0 Å². The van der Waals surface area contributed by atoms with Gasteiger partial charge in [0.1, 0.15) is 5.94 Å². The van der Waals surface area contributed by atoms with E-state index < -0.39 is 0 Å². The Morgan fingerprint density at radius 2 is 1.77 bits per heavy atom. The minimum atomic E-state index is 1.09. The Labute approximate surface area is 81.5 Å². The van der Waals surface area contributed by atoms with Crippen LogP contribution in [-0.2, 0) is 4.79 Å². The normalized spacial score (nSPS) is 10.2. The van der Waals surface area contributed by atoms with Crippen LogP contribution in [0.4, 0.5) is 0 Å². The molecule has 0 saturated carbocycles. The molecule has 0 aromatic carbocycles. The summed E-state index contributed by atoms with van der Waals surface area (Å²) in [6.45, 7) is 2.23. The highest BCUT2D eigenvalue weighted by molar-refractivity contribution is 5.48. The first-order valence-corrected chi connectivity index (χ1v) is 5.27. The summed E-state index contributed by atoms with van der Waals surface area (Å²) in [5, 5.41) is 0. The highest BCUT2D eigenvalue weighted by Gasteiger charge is 1.87. The predicted molar refractivity (Wildman–Crippen MR) is 57.4 cm³/mol. The van der Waals surface area contributed by atoms with Gasteiger partial charge < -0.3 is 0 Å². The summed E-state index contributed by atoms with van der Waals surface area (Å²) >= 11 is 0. The third-order valence-electron chi connectivity index (χ3n) is 2.02. The summed E-state index contributed by atoms with van der Waals surface area (Å²) < 4.78 is 0. The number of rotatable bonds is 8. The second-order valence-corrected chi connectivity index (χ2v) is 3.27. The van der Waals surface area contributed by atoms with Crippen LogP contribution in [-0.4, -0.2) is 5.94 Å². The average molecular weight is 180 g/mol. The van der Waals surface area contributed by atoms with Gasteiger partial charge in [0.15, 0.2) is 0 Å². The largest absolute Gasteiger partial charge is 0.234 e. The maximum Gasteiger partial charge on any atom is 0.124 e. The van der Waals surface area contributed by atoms with Crippen molar-refractivity contribution in [2.24, 2.45) is 0 Å². The van der Waals surface area contributed by atoms with Crippen molar-refractivity contribution in [2.45, 2.75) is 51.9 Å². The lowest BCUT2D eigenvalue weighted by molar-refractivity contribution is 0.569. The molecule has 1 heteroatoms. The molecule has 0 atom stereocenters. The molecule has 0 rings (SSSR count). The Hall–Kier alpha value is -0.810. The van der Waals surface area contributed by atoms with Gasteiger partial charge in [-0.05, 0) is 12.8 Å². The van der Waals surface area contributed by atoms with Crippen LogP contribution in [0.2, 0.25) is 0 Å². The minimum absolute atomic E-state index is 1.09. The molecular formula is C12H20O. The summed E-state index contributed by atoms with van der Waals surface area (Å²) in [6.07, 6.45) is 14.3. The zero-order chi connectivity index (χ0) is 9.78. The number of unbranched alkanes of at least 4 members (excludes halogenated alkanes) is 6. The lowest BCUT2D eigenvalue weighted by Gasteiger charge is -1.96. The summed E-state index contributed by atoms with van der Waals surface area (Å²) in [5.41, 5.74) is 0. The molecule has 74 valence electrons. The molecule has 0 heterocycles. The van der Waals surface area contributed by atoms with Crippen LogP contribution in [0.15, 0.2) is 18.2 Å². The standard InChI is InChI=1S/C12H20O/c1-2-3-4-5-6-7-8-9-10-11-12-13/h9-11H,2-8H2,1H3. The van der Waals surface area contributed by atoms with E-state index in [0.29, 0.717) is 0 Å². The van der Waals surface area contributed by atoms with Gasteiger partial charge >= 0.3 is 0 Å². The fourth-order valence-corrected chi connectivity index (χ4v) is 1.25. The molecule has 0 bridgehead atoms. The molecule has 0 N–H and O–H groups in total. The van der Waals surface area contributed by atoms with Crippen LogP contribution in [0.1, 0.15) is 51.9 Å². The van der Waals surface area contributed by atoms with Crippen molar-refractivity contribution in [3.05, 3.63) is 18.2 Å². The fourth-order valence-electron chi connectivity index (χ4n) is 1.25. The summed E-state index contributed by atoms with van der Waals surface area (Å²) in [5.74, 6) is 1.72. The molecule has 0 aliphatic carbocycles. The zero-order valence-electron chi connectivity index (χ0n) is 8.59. The molecule has 0 aromatic rings. The summed E-state index contributed by atoms with van der Waals surface area (Å²) in [4.78, 5) is 9.78. The Bertz CT molecular complexity index is 164. The van der Waals surface area contributed by atoms with E-state index in [1.165, 1.54) is 44.6 Å². The Morgan fingerprint density at radius 3 is 2.46 bits per heavy atom. The first-order chi connectivity index (χ1) is 6.41. The second-order valence-electron chi connectivity index (χ2n) is 3.27. The van der Waals surface area contributed by atoms with E-state index in [9.17, 15) is 4.79 Å². The van der Waals surface area contributed by atoms with Gasteiger partial charge in [0.25, 0.3) is 0 Å². The highest BCUT2D eigenvalue weighted by Crippen LogP contribution is 2.06. The second kappa shape index (κ2) is 11.2. The van der Waals surface area contributed by atoms with Crippen LogP contribution in [0.3, 0.4) is 0 Å².